The Morgan fingerprint density at radius 1 is 1.80 bits per heavy atom. The number of hydrogen-bond acceptors (Lipinski definition) is 3. The van der Waals surface area contributed by atoms with E-state index in [-0.39, 0.29) is 11.3 Å². The second-order valence-electron chi connectivity index (χ2n) is 2.40. The average Bonchev–Trinajstić information content (AvgIpc) is 1.86. The zero-order chi connectivity index (χ0) is 7.14. The highest BCUT2D eigenvalue weighted by Crippen LogP contribution is 2.34. The SMILES string of the molecule is NC1C=CN2C(=O)C[C@H]2S1. The Labute approximate surface area is 63.2 Å². The lowest BCUT2D eigenvalue weighted by molar-refractivity contribution is -0.137. The van der Waals surface area contributed by atoms with E-state index in [1.807, 2.05) is 6.08 Å². The van der Waals surface area contributed by atoms with Crippen molar-refractivity contribution in [1.29, 1.82) is 0 Å². The van der Waals surface area contributed by atoms with Gasteiger partial charge in [-0.2, -0.15) is 0 Å². The number of rotatable bonds is 0. The van der Waals surface area contributed by atoms with Crippen molar-refractivity contribution < 1.29 is 4.79 Å². The van der Waals surface area contributed by atoms with Gasteiger partial charge in [-0.3, -0.25) is 4.79 Å². The summed E-state index contributed by atoms with van der Waals surface area (Å²) in [6.45, 7) is 0. The highest BCUT2D eigenvalue weighted by Gasteiger charge is 2.37. The summed E-state index contributed by atoms with van der Waals surface area (Å²) in [5.41, 5.74) is 5.60. The fourth-order valence-electron chi connectivity index (χ4n) is 1.10. The zero-order valence-electron chi connectivity index (χ0n) is 5.36. The molecule has 1 amide bonds. The second kappa shape index (κ2) is 2.00. The molecule has 0 aromatic heterocycles. The van der Waals surface area contributed by atoms with Gasteiger partial charge in [0.25, 0.3) is 0 Å². The molecular formula is C6H8N2OS. The molecule has 0 spiro atoms. The fraction of sp³-hybridized carbons (Fsp3) is 0.500. The molecule has 0 saturated carbocycles. The highest BCUT2D eigenvalue weighted by atomic mass is 32.2. The third kappa shape index (κ3) is 0.759. The average molecular weight is 156 g/mol. The van der Waals surface area contributed by atoms with Crippen molar-refractivity contribution in [3.63, 3.8) is 0 Å². The topological polar surface area (TPSA) is 46.3 Å². The van der Waals surface area contributed by atoms with Gasteiger partial charge in [0.1, 0.15) is 0 Å². The van der Waals surface area contributed by atoms with Crippen LogP contribution in [-0.2, 0) is 4.79 Å². The maximum Gasteiger partial charge on any atom is 0.230 e. The maximum absolute atomic E-state index is 10.8. The number of carbonyl (C=O) groups excluding carboxylic acids is 1. The third-order valence-corrected chi connectivity index (χ3v) is 2.88. The van der Waals surface area contributed by atoms with Crippen LogP contribution < -0.4 is 5.73 Å². The van der Waals surface area contributed by atoms with Gasteiger partial charge in [0.05, 0.1) is 17.2 Å². The van der Waals surface area contributed by atoms with Gasteiger partial charge in [-0.1, -0.05) is 0 Å². The van der Waals surface area contributed by atoms with Gasteiger partial charge in [0.15, 0.2) is 0 Å². The molecule has 2 rings (SSSR count). The molecule has 2 aliphatic heterocycles. The number of thioether (sulfide) groups is 1. The predicted octanol–water partition coefficient (Wildman–Crippen LogP) is 0.0901. The van der Waals surface area contributed by atoms with Crippen molar-refractivity contribution in [2.45, 2.75) is 17.2 Å². The van der Waals surface area contributed by atoms with Crippen LogP contribution in [0.3, 0.4) is 0 Å². The van der Waals surface area contributed by atoms with Crippen molar-refractivity contribution >= 4 is 17.7 Å². The van der Waals surface area contributed by atoms with Crippen LogP contribution in [0.5, 0.6) is 0 Å². The highest BCUT2D eigenvalue weighted by molar-refractivity contribution is 8.00. The molecule has 1 fully saturated rings. The number of β-lactam (4-membered cyclic amide) rings is 1. The summed E-state index contributed by atoms with van der Waals surface area (Å²) >= 11 is 1.64. The van der Waals surface area contributed by atoms with Crippen LogP contribution in [-0.4, -0.2) is 21.6 Å². The minimum atomic E-state index is 0.0781. The molecule has 54 valence electrons. The number of nitrogens with zero attached hydrogens (tertiary/aromatic N) is 1. The summed E-state index contributed by atoms with van der Waals surface area (Å²) in [4.78, 5) is 12.5. The van der Waals surface area contributed by atoms with E-state index in [9.17, 15) is 4.79 Å². The van der Waals surface area contributed by atoms with E-state index < -0.39 is 0 Å². The molecule has 0 bridgehead atoms. The lowest BCUT2D eigenvalue weighted by Gasteiger charge is -2.40. The Balaban J connectivity index is 2.14. The molecule has 2 atom stereocenters. The van der Waals surface area contributed by atoms with Gasteiger partial charge in [-0.15, -0.1) is 11.8 Å². The normalized spacial score (nSPS) is 37.3. The first-order chi connectivity index (χ1) is 4.77. The summed E-state index contributed by atoms with van der Waals surface area (Å²) in [7, 11) is 0. The van der Waals surface area contributed by atoms with Crippen molar-refractivity contribution in [3.8, 4) is 0 Å². The summed E-state index contributed by atoms with van der Waals surface area (Å²) < 4.78 is 0. The number of amides is 1. The van der Waals surface area contributed by atoms with Gasteiger partial charge in [0, 0.05) is 6.20 Å². The van der Waals surface area contributed by atoms with Gasteiger partial charge < -0.3 is 10.6 Å². The van der Waals surface area contributed by atoms with E-state index in [0.717, 1.165) is 0 Å². The van der Waals surface area contributed by atoms with Gasteiger partial charge in [-0.05, 0) is 6.08 Å². The van der Waals surface area contributed by atoms with E-state index in [1.165, 1.54) is 0 Å². The van der Waals surface area contributed by atoms with Crippen LogP contribution >= 0.6 is 11.8 Å². The molecule has 10 heavy (non-hydrogen) atoms. The summed E-state index contributed by atoms with van der Waals surface area (Å²) in [5, 5.41) is 0.404. The maximum atomic E-state index is 10.8. The molecule has 0 radical (unpaired) electrons. The lowest BCUT2D eigenvalue weighted by atomic mass is 10.2. The Morgan fingerprint density at radius 2 is 2.60 bits per heavy atom. The van der Waals surface area contributed by atoms with Crippen LogP contribution in [0.2, 0.25) is 0 Å². The summed E-state index contributed by atoms with van der Waals surface area (Å²) in [5.74, 6) is 0.209. The van der Waals surface area contributed by atoms with E-state index >= 15 is 0 Å². The van der Waals surface area contributed by atoms with E-state index in [2.05, 4.69) is 0 Å². The summed E-state index contributed by atoms with van der Waals surface area (Å²) in [6.07, 6.45) is 4.29. The minimum Gasteiger partial charge on any atom is -0.316 e. The quantitative estimate of drug-likeness (QED) is 0.506. The number of carbonyl (C=O) groups is 1. The smallest absolute Gasteiger partial charge is 0.230 e. The lowest BCUT2D eigenvalue weighted by Crippen LogP contribution is -2.50. The number of nitrogens with two attached hydrogens (primary N) is 1. The van der Waals surface area contributed by atoms with Crippen LogP contribution in [0.4, 0.5) is 0 Å². The molecule has 3 nitrogen and oxygen atoms in total. The van der Waals surface area contributed by atoms with Gasteiger partial charge in [-0.25, -0.2) is 0 Å². The molecule has 0 aromatic carbocycles. The molecule has 2 N–H and O–H groups in total. The zero-order valence-corrected chi connectivity index (χ0v) is 6.17. The molecule has 1 unspecified atom stereocenters. The van der Waals surface area contributed by atoms with E-state index in [0.29, 0.717) is 11.8 Å². The first kappa shape index (κ1) is 6.24. The second-order valence-corrected chi connectivity index (χ2v) is 3.76. The Kier molecular flexibility index (Phi) is 1.25. The van der Waals surface area contributed by atoms with E-state index in [1.54, 1.807) is 22.9 Å². The molecule has 0 aromatic rings. The van der Waals surface area contributed by atoms with Crippen molar-refractivity contribution in [3.05, 3.63) is 12.3 Å². The Bertz CT molecular complexity index is 204. The first-order valence-electron chi connectivity index (χ1n) is 3.18. The molecule has 4 heteroatoms. The van der Waals surface area contributed by atoms with E-state index in [4.69, 9.17) is 5.73 Å². The largest absolute Gasteiger partial charge is 0.316 e. The Hall–Kier alpha value is -0.480. The standard InChI is InChI=1S/C6H8N2OS/c7-4-1-2-8-5(9)3-6(8)10-4/h1-2,4,6H,3,7H2/t4?,6-/m1/s1. The van der Waals surface area contributed by atoms with Crippen LogP contribution in [0.15, 0.2) is 12.3 Å². The summed E-state index contributed by atoms with van der Waals surface area (Å²) in [6, 6.07) is 0. The minimum absolute atomic E-state index is 0.0781. The van der Waals surface area contributed by atoms with Gasteiger partial charge >= 0.3 is 0 Å². The molecule has 2 aliphatic rings. The molecule has 2 heterocycles. The fourth-order valence-corrected chi connectivity index (χ4v) is 2.18. The molecule has 0 aliphatic carbocycles. The van der Waals surface area contributed by atoms with Gasteiger partial charge in [0.2, 0.25) is 5.91 Å². The molecular weight excluding hydrogens is 148 g/mol. The van der Waals surface area contributed by atoms with Crippen LogP contribution in [0.1, 0.15) is 6.42 Å². The van der Waals surface area contributed by atoms with Crippen LogP contribution in [0.25, 0.3) is 0 Å². The molecule has 1 saturated heterocycles. The van der Waals surface area contributed by atoms with Crippen molar-refractivity contribution in [1.82, 2.24) is 4.90 Å². The van der Waals surface area contributed by atoms with Crippen LogP contribution in [0, 0.1) is 0 Å². The van der Waals surface area contributed by atoms with Crippen molar-refractivity contribution in [2.24, 2.45) is 5.73 Å². The first-order valence-corrected chi connectivity index (χ1v) is 4.12. The monoisotopic (exact) mass is 156 g/mol. The Morgan fingerprint density at radius 3 is 3.20 bits per heavy atom. The predicted molar refractivity (Wildman–Crippen MR) is 40.0 cm³/mol. The number of hydrogen-bond donors (Lipinski definition) is 1. The third-order valence-electron chi connectivity index (χ3n) is 1.70. The van der Waals surface area contributed by atoms with Crippen molar-refractivity contribution in [2.75, 3.05) is 0 Å². The number of fused-ring (bicyclic) bond motifs is 1.